The van der Waals surface area contributed by atoms with Crippen molar-refractivity contribution >= 4 is 23.1 Å². The molecule has 0 aliphatic carbocycles. The van der Waals surface area contributed by atoms with Crippen LogP contribution < -0.4 is 20.1 Å². The second kappa shape index (κ2) is 8.18. The van der Waals surface area contributed by atoms with E-state index in [1.165, 1.54) is 25.4 Å². The number of pyridine rings is 1. The van der Waals surface area contributed by atoms with Crippen LogP contribution in [0.3, 0.4) is 0 Å². The van der Waals surface area contributed by atoms with Gasteiger partial charge in [-0.2, -0.15) is 0 Å². The predicted octanol–water partition coefficient (Wildman–Crippen LogP) is 4.23. The maximum absolute atomic E-state index is 12.9. The molecular formula is C20H18FN3O3. The summed E-state index contributed by atoms with van der Waals surface area (Å²) in [6.07, 6.45) is 1.46. The second-order valence-electron chi connectivity index (χ2n) is 5.58. The van der Waals surface area contributed by atoms with Crippen LogP contribution in [0.15, 0.2) is 60.8 Å². The fourth-order valence-corrected chi connectivity index (χ4v) is 2.38. The summed E-state index contributed by atoms with van der Waals surface area (Å²) in [5.41, 5.74) is 1.61. The highest BCUT2D eigenvalue weighted by molar-refractivity contribution is 6.05. The average Bonchev–Trinajstić information content (AvgIpc) is 2.70. The zero-order chi connectivity index (χ0) is 19.2. The summed E-state index contributed by atoms with van der Waals surface area (Å²) in [4.78, 5) is 16.7. The first-order chi connectivity index (χ1) is 13.1. The molecule has 0 spiro atoms. The van der Waals surface area contributed by atoms with Gasteiger partial charge in [0.2, 0.25) is 0 Å². The van der Waals surface area contributed by atoms with Gasteiger partial charge >= 0.3 is 0 Å². The number of carbonyl (C=O) groups is 1. The lowest BCUT2D eigenvalue weighted by molar-refractivity contribution is 0.102. The van der Waals surface area contributed by atoms with Crippen LogP contribution in [0.5, 0.6) is 11.5 Å². The third-order valence-electron chi connectivity index (χ3n) is 3.80. The Kier molecular flexibility index (Phi) is 5.51. The normalized spacial score (nSPS) is 10.2. The minimum absolute atomic E-state index is 0.311. The average molecular weight is 367 g/mol. The number of anilines is 3. The van der Waals surface area contributed by atoms with Crippen molar-refractivity contribution in [3.05, 3.63) is 72.2 Å². The van der Waals surface area contributed by atoms with Crippen LogP contribution in [-0.4, -0.2) is 25.1 Å². The molecule has 0 saturated heterocycles. The van der Waals surface area contributed by atoms with E-state index >= 15 is 0 Å². The van der Waals surface area contributed by atoms with Gasteiger partial charge < -0.3 is 20.1 Å². The van der Waals surface area contributed by atoms with E-state index in [2.05, 4.69) is 15.6 Å². The first-order valence-electron chi connectivity index (χ1n) is 8.11. The van der Waals surface area contributed by atoms with Crippen molar-refractivity contribution in [3.63, 3.8) is 0 Å². The molecule has 2 aromatic carbocycles. The lowest BCUT2D eigenvalue weighted by atomic mass is 10.2. The molecule has 138 valence electrons. The molecule has 0 aliphatic rings. The Morgan fingerprint density at radius 2 is 1.78 bits per heavy atom. The zero-order valence-electron chi connectivity index (χ0n) is 14.8. The number of carbonyl (C=O) groups excluding carboxylic acids is 1. The van der Waals surface area contributed by atoms with E-state index < -0.39 is 0 Å². The van der Waals surface area contributed by atoms with Gasteiger partial charge in [-0.25, -0.2) is 9.37 Å². The summed E-state index contributed by atoms with van der Waals surface area (Å²) in [5.74, 6) is 1.03. The highest BCUT2D eigenvalue weighted by Crippen LogP contribution is 2.29. The van der Waals surface area contributed by atoms with Gasteiger partial charge in [-0.3, -0.25) is 4.79 Å². The van der Waals surface area contributed by atoms with Gasteiger partial charge in [0.25, 0.3) is 5.91 Å². The number of hydrogen-bond donors (Lipinski definition) is 2. The van der Waals surface area contributed by atoms with Crippen molar-refractivity contribution < 1.29 is 18.7 Å². The van der Waals surface area contributed by atoms with E-state index in [0.717, 1.165) is 0 Å². The fraction of sp³-hybridized carbons (Fsp3) is 0.100. The van der Waals surface area contributed by atoms with Gasteiger partial charge in [0.05, 0.1) is 25.5 Å². The van der Waals surface area contributed by atoms with Crippen LogP contribution in [0.4, 0.5) is 21.6 Å². The molecule has 0 unspecified atom stereocenters. The number of methoxy groups -OCH3 is 2. The van der Waals surface area contributed by atoms with Crippen LogP contribution in [0, 0.1) is 5.82 Å². The minimum Gasteiger partial charge on any atom is -0.497 e. The highest BCUT2D eigenvalue weighted by Gasteiger charge is 2.11. The Balaban J connectivity index is 1.69. The monoisotopic (exact) mass is 367 g/mol. The molecule has 0 aliphatic heterocycles. The molecule has 0 fully saturated rings. The number of benzene rings is 2. The largest absolute Gasteiger partial charge is 0.497 e. The first-order valence-corrected chi connectivity index (χ1v) is 8.11. The van der Waals surface area contributed by atoms with Gasteiger partial charge in [-0.15, -0.1) is 0 Å². The number of aromatic nitrogens is 1. The smallest absolute Gasteiger partial charge is 0.257 e. The molecule has 3 rings (SSSR count). The number of rotatable bonds is 6. The second-order valence-corrected chi connectivity index (χ2v) is 5.58. The molecule has 0 radical (unpaired) electrons. The summed E-state index contributed by atoms with van der Waals surface area (Å²) in [6.45, 7) is 0. The van der Waals surface area contributed by atoms with Crippen molar-refractivity contribution in [2.75, 3.05) is 24.9 Å². The summed E-state index contributed by atoms with van der Waals surface area (Å²) in [7, 11) is 3.07. The molecule has 2 N–H and O–H groups in total. The van der Waals surface area contributed by atoms with Gasteiger partial charge in [0.1, 0.15) is 23.1 Å². The number of nitrogens with one attached hydrogen (secondary N) is 2. The Labute approximate surface area is 156 Å². The highest BCUT2D eigenvalue weighted by atomic mass is 19.1. The Bertz CT molecular complexity index is 928. The van der Waals surface area contributed by atoms with E-state index in [4.69, 9.17) is 9.47 Å². The predicted molar refractivity (Wildman–Crippen MR) is 101 cm³/mol. The Morgan fingerprint density at radius 3 is 2.41 bits per heavy atom. The van der Waals surface area contributed by atoms with Crippen LogP contribution >= 0.6 is 0 Å². The molecule has 3 aromatic rings. The summed E-state index contributed by atoms with van der Waals surface area (Å²) < 4.78 is 23.3. The SMILES string of the molecule is COc1ccc(NC(=O)c2ccc(Nc3ccc(F)cc3)nc2)c(OC)c1. The van der Waals surface area contributed by atoms with Crippen LogP contribution in [-0.2, 0) is 0 Å². The first kappa shape index (κ1) is 18.2. The number of nitrogens with zero attached hydrogens (tertiary/aromatic N) is 1. The van der Waals surface area contributed by atoms with Crippen molar-refractivity contribution in [2.24, 2.45) is 0 Å². The quantitative estimate of drug-likeness (QED) is 0.682. The van der Waals surface area contributed by atoms with E-state index in [9.17, 15) is 9.18 Å². The lowest BCUT2D eigenvalue weighted by Gasteiger charge is -2.12. The van der Waals surface area contributed by atoms with Crippen molar-refractivity contribution in [2.45, 2.75) is 0 Å². The van der Waals surface area contributed by atoms with E-state index in [1.807, 2.05) is 0 Å². The van der Waals surface area contributed by atoms with Gasteiger partial charge in [-0.1, -0.05) is 0 Å². The zero-order valence-corrected chi connectivity index (χ0v) is 14.8. The summed E-state index contributed by atoms with van der Waals surface area (Å²) in [6, 6.07) is 14.3. The summed E-state index contributed by atoms with van der Waals surface area (Å²) >= 11 is 0. The molecule has 0 bridgehead atoms. The molecule has 1 aromatic heterocycles. The lowest BCUT2D eigenvalue weighted by Crippen LogP contribution is -2.13. The Hall–Kier alpha value is -3.61. The van der Waals surface area contributed by atoms with Crippen molar-refractivity contribution in [3.8, 4) is 11.5 Å². The fourth-order valence-electron chi connectivity index (χ4n) is 2.38. The third kappa shape index (κ3) is 4.52. The summed E-state index contributed by atoms with van der Waals surface area (Å²) in [5, 5.41) is 5.82. The number of amides is 1. The van der Waals surface area contributed by atoms with Crippen LogP contribution in [0.25, 0.3) is 0 Å². The maximum atomic E-state index is 12.9. The van der Waals surface area contributed by atoms with Crippen molar-refractivity contribution in [1.29, 1.82) is 0 Å². The van der Waals surface area contributed by atoms with E-state index in [-0.39, 0.29) is 11.7 Å². The molecule has 1 amide bonds. The number of halogens is 1. The van der Waals surface area contributed by atoms with Gasteiger partial charge in [0.15, 0.2) is 0 Å². The molecule has 7 heteroatoms. The van der Waals surface area contributed by atoms with E-state index in [0.29, 0.717) is 34.3 Å². The van der Waals surface area contributed by atoms with Crippen LogP contribution in [0.2, 0.25) is 0 Å². The minimum atomic E-state index is -0.320. The molecule has 6 nitrogen and oxygen atoms in total. The van der Waals surface area contributed by atoms with E-state index in [1.54, 1.807) is 49.6 Å². The van der Waals surface area contributed by atoms with Crippen molar-refractivity contribution in [1.82, 2.24) is 4.98 Å². The molecular weight excluding hydrogens is 349 g/mol. The standard InChI is InChI=1S/C20H18FN3O3/c1-26-16-8-9-17(18(11-16)27-2)24-20(25)13-3-10-19(22-12-13)23-15-6-4-14(21)5-7-15/h3-12H,1-2H3,(H,22,23)(H,24,25). The molecule has 0 atom stereocenters. The van der Waals surface area contributed by atoms with Gasteiger partial charge in [-0.05, 0) is 48.5 Å². The number of hydrogen-bond acceptors (Lipinski definition) is 5. The number of ether oxygens (including phenoxy) is 2. The maximum Gasteiger partial charge on any atom is 0.257 e. The topological polar surface area (TPSA) is 72.5 Å². The molecule has 27 heavy (non-hydrogen) atoms. The molecule has 1 heterocycles. The Morgan fingerprint density at radius 1 is 1.00 bits per heavy atom. The molecule has 0 saturated carbocycles. The third-order valence-corrected chi connectivity index (χ3v) is 3.80. The van der Waals surface area contributed by atoms with Crippen LogP contribution in [0.1, 0.15) is 10.4 Å². The van der Waals surface area contributed by atoms with Gasteiger partial charge in [0, 0.05) is 18.0 Å².